The maximum atomic E-state index is 3.65. The van der Waals surface area contributed by atoms with Crippen molar-refractivity contribution in [2.75, 3.05) is 6.54 Å². The van der Waals surface area contributed by atoms with Crippen molar-refractivity contribution in [3.63, 3.8) is 0 Å². The Morgan fingerprint density at radius 3 is 2.06 bits per heavy atom. The molecule has 0 spiro atoms. The van der Waals surface area contributed by atoms with Crippen LogP contribution >= 0.6 is 0 Å². The van der Waals surface area contributed by atoms with E-state index in [1.807, 2.05) is 0 Å². The van der Waals surface area contributed by atoms with Gasteiger partial charge in [-0.25, -0.2) is 0 Å². The molecule has 1 N–H and O–H groups in total. The van der Waals surface area contributed by atoms with Crippen molar-refractivity contribution in [3.8, 4) is 0 Å². The first-order valence-electron chi connectivity index (χ1n) is 7.36. The van der Waals surface area contributed by atoms with Crippen LogP contribution in [0.4, 0.5) is 0 Å². The van der Waals surface area contributed by atoms with Gasteiger partial charge in [-0.3, -0.25) is 0 Å². The monoisotopic (exact) mass is 247 g/mol. The zero-order valence-corrected chi connectivity index (χ0v) is 12.7. The number of hydrogen-bond acceptors (Lipinski definition) is 1. The predicted molar refractivity (Wildman–Crippen MR) is 81.2 cm³/mol. The standard InChI is InChI=1S/C17H29N/c1-6-11-18-17(14(4)5)12-15-7-9-16(10-8-15)13(2)3/h7-10,13-14,17-18H,6,11-12H2,1-5H3. The molecule has 0 fully saturated rings. The lowest BCUT2D eigenvalue weighted by Gasteiger charge is -2.22. The van der Waals surface area contributed by atoms with Crippen LogP contribution < -0.4 is 5.32 Å². The zero-order chi connectivity index (χ0) is 13.5. The Balaban J connectivity index is 2.63. The van der Waals surface area contributed by atoms with Gasteiger partial charge in [0.1, 0.15) is 0 Å². The average molecular weight is 247 g/mol. The van der Waals surface area contributed by atoms with Crippen LogP contribution in [0.2, 0.25) is 0 Å². The first-order chi connectivity index (χ1) is 8.54. The molecule has 1 aromatic rings. The summed E-state index contributed by atoms with van der Waals surface area (Å²) < 4.78 is 0. The van der Waals surface area contributed by atoms with E-state index in [4.69, 9.17) is 0 Å². The Bertz CT molecular complexity index is 324. The quantitative estimate of drug-likeness (QED) is 0.754. The summed E-state index contributed by atoms with van der Waals surface area (Å²) in [6.07, 6.45) is 2.34. The van der Waals surface area contributed by atoms with Crippen molar-refractivity contribution in [1.82, 2.24) is 5.32 Å². The second kappa shape index (κ2) is 7.58. The lowest BCUT2D eigenvalue weighted by atomic mass is 9.94. The number of nitrogens with one attached hydrogen (secondary N) is 1. The van der Waals surface area contributed by atoms with E-state index in [0.29, 0.717) is 17.9 Å². The molecule has 1 unspecified atom stereocenters. The van der Waals surface area contributed by atoms with Crippen LogP contribution in [0, 0.1) is 5.92 Å². The molecular formula is C17H29N. The van der Waals surface area contributed by atoms with E-state index in [1.165, 1.54) is 17.5 Å². The number of hydrogen-bond donors (Lipinski definition) is 1. The molecule has 0 radical (unpaired) electrons. The minimum Gasteiger partial charge on any atom is -0.313 e. The third-order valence-electron chi connectivity index (χ3n) is 3.56. The molecular weight excluding hydrogens is 218 g/mol. The molecule has 0 aliphatic carbocycles. The SMILES string of the molecule is CCCNC(Cc1ccc(C(C)C)cc1)C(C)C. The molecule has 0 aromatic heterocycles. The van der Waals surface area contributed by atoms with E-state index >= 15 is 0 Å². The highest BCUT2D eigenvalue weighted by Crippen LogP contribution is 2.17. The van der Waals surface area contributed by atoms with E-state index in [0.717, 1.165) is 13.0 Å². The van der Waals surface area contributed by atoms with Gasteiger partial charge in [-0.1, -0.05) is 58.9 Å². The summed E-state index contributed by atoms with van der Waals surface area (Å²) in [5.41, 5.74) is 2.88. The molecule has 1 aromatic carbocycles. The predicted octanol–water partition coefficient (Wildman–Crippen LogP) is 4.38. The van der Waals surface area contributed by atoms with Gasteiger partial charge in [0.25, 0.3) is 0 Å². The smallest absolute Gasteiger partial charge is 0.0130 e. The van der Waals surface area contributed by atoms with Gasteiger partial charge in [-0.2, -0.15) is 0 Å². The van der Waals surface area contributed by atoms with Gasteiger partial charge in [-0.05, 0) is 42.3 Å². The molecule has 18 heavy (non-hydrogen) atoms. The summed E-state index contributed by atoms with van der Waals surface area (Å²) in [4.78, 5) is 0. The largest absolute Gasteiger partial charge is 0.313 e. The third-order valence-corrected chi connectivity index (χ3v) is 3.56. The van der Waals surface area contributed by atoms with Gasteiger partial charge < -0.3 is 5.32 Å². The molecule has 1 atom stereocenters. The second-order valence-corrected chi connectivity index (χ2v) is 5.91. The Kier molecular flexibility index (Phi) is 6.42. The molecule has 0 amide bonds. The first-order valence-corrected chi connectivity index (χ1v) is 7.36. The molecule has 1 nitrogen and oxygen atoms in total. The lowest BCUT2D eigenvalue weighted by molar-refractivity contribution is 0.397. The number of rotatable bonds is 7. The topological polar surface area (TPSA) is 12.0 Å². The van der Waals surface area contributed by atoms with Gasteiger partial charge in [0, 0.05) is 6.04 Å². The highest BCUT2D eigenvalue weighted by Gasteiger charge is 2.12. The molecule has 102 valence electrons. The fourth-order valence-electron chi connectivity index (χ4n) is 2.17. The van der Waals surface area contributed by atoms with Gasteiger partial charge in [0.2, 0.25) is 0 Å². The molecule has 1 rings (SSSR count). The van der Waals surface area contributed by atoms with Crippen LogP contribution in [0.5, 0.6) is 0 Å². The Morgan fingerprint density at radius 2 is 1.61 bits per heavy atom. The summed E-state index contributed by atoms with van der Waals surface area (Å²) in [5, 5.41) is 3.65. The van der Waals surface area contributed by atoms with Crippen LogP contribution in [0.1, 0.15) is 58.1 Å². The van der Waals surface area contributed by atoms with E-state index in [2.05, 4.69) is 64.2 Å². The molecule has 0 aliphatic rings. The molecule has 1 heteroatoms. The maximum absolute atomic E-state index is 3.65. The second-order valence-electron chi connectivity index (χ2n) is 5.91. The van der Waals surface area contributed by atoms with Crippen molar-refractivity contribution in [3.05, 3.63) is 35.4 Å². The summed E-state index contributed by atoms with van der Waals surface area (Å²) in [6.45, 7) is 12.4. The van der Waals surface area contributed by atoms with Crippen molar-refractivity contribution in [2.45, 2.75) is 59.4 Å². The van der Waals surface area contributed by atoms with Crippen molar-refractivity contribution < 1.29 is 0 Å². The maximum Gasteiger partial charge on any atom is 0.0130 e. The van der Waals surface area contributed by atoms with Gasteiger partial charge in [-0.15, -0.1) is 0 Å². The van der Waals surface area contributed by atoms with E-state index in [1.54, 1.807) is 0 Å². The molecule has 0 heterocycles. The average Bonchev–Trinajstić information content (AvgIpc) is 2.34. The fourth-order valence-corrected chi connectivity index (χ4v) is 2.17. The molecule has 0 aliphatic heterocycles. The van der Waals surface area contributed by atoms with Gasteiger partial charge >= 0.3 is 0 Å². The van der Waals surface area contributed by atoms with E-state index < -0.39 is 0 Å². The summed E-state index contributed by atoms with van der Waals surface area (Å²) in [6, 6.07) is 9.72. The Morgan fingerprint density at radius 1 is 1.00 bits per heavy atom. The third kappa shape index (κ3) is 4.81. The molecule has 0 bridgehead atoms. The van der Waals surface area contributed by atoms with Crippen LogP contribution in [0.3, 0.4) is 0 Å². The van der Waals surface area contributed by atoms with Crippen molar-refractivity contribution >= 4 is 0 Å². The summed E-state index contributed by atoms with van der Waals surface area (Å²) in [5.74, 6) is 1.31. The molecule has 0 saturated heterocycles. The minimum absolute atomic E-state index is 0.592. The minimum atomic E-state index is 0.592. The van der Waals surface area contributed by atoms with Crippen LogP contribution in [0.15, 0.2) is 24.3 Å². The van der Waals surface area contributed by atoms with E-state index in [9.17, 15) is 0 Å². The summed E-state index contributed by atoms with van der Waals surface area (Å²) >= 11 is 0. The first kappa shape index (κ1) is 15.2. The van der Waals surface area contributed by atoms with Crippen LogP contribution in [-0.4, -0.2) is 12.6 Å². The fraction of sp³-hybridized carbons (Fsp3) is 0.647. The van der Waals surface area contributed by atoms with Crippen molar-refractivity contribution in [1.29, 1.82) is 0 Å². The van der Waals surface area contributed by atoms with Crippen LogP contribution in [-0.2, 0) is 6.42 Å². The summed E-state index contributed by atoms with van der Waals surface area (Å²) in [7, 11) is 0. The van der Waals surface area contributed by atoms with Gasteiger partial charge in [0.15, 0.2) is 0 Å². The highest BCUT2D eigenvalue weighted by molar-refractivity contribution is 5.25. The Hall–Kier alpha value is -0.820. The van der Waals surface area contributed by atoms with Crippen LogP contribution in [0.25, 0.3) is 0 Å². The normalized spacial score (nSPS) is 13.3. The lowest BCUT2D eigenvalue weighted by Crippen LogP contribution is -2.36. The van der Waals surface area contributed by atoms with E-state index in [-0.39, 0.29) is 0 Å². The number of benzene rings is 1. The van der Waals surface area contributed by atoms with Gasteiger partial charge in [0.05, 0.1) is 0 Å². The zero-order valence-electron chi connectivity index (χ0n) is 12.7. The van der Waals surface area contributed by atoms with Crippen molar-refractivity contribution in [2.24, 2.45) is 5.92 Å². The molecule has 0 saturated carbocycles. The Labute approximate surface area is 113 Å². The highest BCUT2D eigenvalue weighted by atomic mass is 14.9.